The molecule has 4 heteroatoms. The lowest BCUT2D eigenvalue weighted by Crippen LogP contribution is -2.61. The average Bonchev–Trinajstić information content (AvgIpc) is 2.51. The van der Waals surface area contributed by atoms with E-state index in [4.69, 9.17) is 4.74 Å². The van der Waals surface area contributed by atoms with E-state index in [-0.39, 0.29) is 11.9 Å². The van der Waals surface area contributed by atoms with Crippen LogP contribution in [0.5, 0.6) is 0 Å². The van der Waals surface area contributed by atoms with Crippen molar-refractivity contribution in [1.29, 1.82) is 0 Å². The molecule has 5 aliphatic rings. The van der Waals surface area contributed by atoms with Gasteiger partial charge in [0.1, 0.15) is 6.04 Å². The summed E-state index contributed by atoms with van der Waals surface area (Å²) in [5, 5.41) is 3.46. The van der Waals surface area contributed by atoms with E-state index in [2.05, 4.69) is 17.1 Å². The fourth-order valence-electron chi connectivity index (χ4n) is 5.86. The molecule has 4 nitrogen and oxygen atoms in total. The molecule has 1 heterocycles. The third-order valence-electron chi connectivity index (χ3n) is 6.59. The Morgan fingerprint density at radius 3 is 2.45 bits per heavy atom. The fourth-order valence-corrected chi connectivity index (χ4v) is 5.86. The fraction of sp³-hybridized carbons (Fsp3) is 0.944. The number of nitrogens with zero attached hydrogens (tertiary/aromatic N) is 1. The number of hydrogen-bond donors (Lipinski definition) is 1. The number of hydrogen-bond acceptors (Lipinski definition) is 3. The molecule has 0 unspecified atom stereocenters. The number of ether oxygens (including phenoxy) is 1. The Morgan fingerprint density at radius 1 is 1.14 bits per heavy atom. The summed E-state index contributed by atoms with van der Waals surface area (Å²) in [6.45, 7) is 5.42. The number of nitrogens with one attached hydrogen (secondary N) is 1. The van der Waals surface area contributed by atoms with E-state index in [0.29, 0.717) is 12.6 Å². The first kappa shape index (κ1) is 14.9. The Kier molecular flexibility index (Phi) is 4.16. The molecule has 5 rings (SSSR count). The molecule has 4 bridgehead atoms. The van der Waals surface area contributed by atoms with Crippen LogP contribution in [0, 0.1) is 23.7 Å². The number of morpholine rings is 1. The summed E-state index contributed by atoms with van der Waals surface area (Å²) in [6.07, 6.45) is 8.00. The van der Waals surface area contributed by atoms with E-state index in [1.54, 1.807) is 0 Å². The van der Waals surface area contributed by atoms with Gasteiger partial charge >= 0.3 is 0 Å². The second-order valence-electron chi connectivity index (χ2n) is 8.09. The Bertz CT molecular complexity index is 395. The number of amides is 1. The van der Waals surface area contributed by atoms with Gasteiger partial charge in [-0.25, -0.2) is 0 Å². The van der Waals surface area contributed by atoms with Crippen LogP contribution in [0.4, 0.5) is 0 Å². The Morgan fingerprint density at radius 2 is 1.82 bits per heavy atom. The molecule has 0 aromatic rings. The van der Waals surface area contributed by atoms with E-state index >= 15 is 0 Å². The van der Waals surface area contributed by atoms with Gasteiger partial charge in [0.15, 0.2) is 0 Å². The van der Waals surface area contributed by atoms with Gasteiger partial charge in [0, 0.05) is 12.6 Å². The smallest absolute Gasteiger partial charge is 0.239 e. The van der Waals surface area contributed by atoms with Crippen molar-refractivity contribution in [2.45, 2.75) is 57.5 Å². The van der Waals surface area contributed by atoms with Gasteiger partial charge in [-0.15, -0.1) is 0 Å². The summed E-state index contributed by atoms with van der Waals surface area (Å²) < 4.78 is 5.58. The van der Waals surface area contributed by atoms with Crippen molar-refractivity contribution in [2.24, 2.45) is 23.7 Å². The maximum absolute atomic E-state index is 12.8. The van der Waals surface area contributed by atoms with Gasteiger partial charge in [0.05, 0.1) is 13.2 Å². The first-order valence-corrected chi connectivity index (χ1v) is 9.36. The van der Waals surface area contributed by atoms with Crippen molar-refractivity contribution >= 4 is 5.91 Å². The maximum Gasteiger partial charge on any atom is 0.239 e. The molecule has 0 spiro atoms. The highest BCUT2D eigenvalue weighted by atomic mass is 16.5. The summed E-state index contributed by atoms with van der Waals surface area (Å²) in [7, 11) is 0. The van der Waals surface area contributed by atoms with Crippen molar-refractivity contribution < 1.29 is 9.53 Å². The van der Waals surface area contributed by atoms with Crippen LogP contribution < -0.4 is 5.32 Å². The molecule has 5 fully saturated rings. The van der Waals surface area contributed by atoms with Crippen molar-refractivity contribution in [3.63, 3.8) is 0 Å². The molecule has 1 aliphatic heterocycles. The summed E-state index contributed by atoms with van der Waals surface area (Å²) in [5.41, 5.74) is 0. The molecule has 4 saturated carbocycles. The van der Waals surface area contributed by atoms with Gasteiger partial charge in [-0.3, -0.25) is 9.69 Å². The quantitative estimate of drug-likeness (QED) is 0.864. The molecule has 124 valence electrons. The lowest BCUT2D eigenvalue weighted by molar-refractivity contribution is -0.136. The van der Waals surface area contributed by atoms with E-state index < -0.39 is 0 Å². The Balaban J connectivity index is 1.41. The second-order valence-corrected chi connectivity index (χ2v) is 8.09. The van der Waals surface area contributed by atoms with E-state index in [9.17, 15) is 4.79 Å². The van der Waals surface area contributed by atoms with E-state index in [1.165, 1.54) is 32.1 Å². The SMILES string of the molecule is CCCN1CCOC[C@@H]1C(=O)NC1C2CC3CC(C2)CC1C3. The molecule has 1 saturated heterocycles. The standard InChI is InChI=1S/C18H30N2O2/c1-2-3-20-4-5-22-11-16(20)18(21)19-17-14-7-12-6-13(9-14)10-15(17)8-12/h12-17H,2-11H2,1H3,(H,19,21)/t12?,13?,14?,15?,16-,17?/m1/s1. The maximum atomic E-state index is 12.8. The topological polar surface area (TPSA) is 41.6 Å². The van der Waals surface area contributed by atoms with Gasteiger partial charge < -0.3 is 10.1 Å². The molecule has 0 aromatic carbocycles. The minimum Gasteiger partial charge on any atom is -0.378 e. The number of carbonyl (C=O) groups excluding carboxylic acids is 1. The van der Waals surface area contributed by atoms with Crippen LogP contribution in [-0.2, 0) is 9.53 Å². The summed E-state index contributed by atoms with van der Waals surface area (Å²) in [6, 6.07) is 0.386. The first-order valence-electron chi connectivity index (χ1n) is 9.36. The Labute approximate surface area is 134 Å². The number of carbonyl (C=O) groups is 1. The minimum absolute atomic E-state index is 0.0640. The minimum atomic E-state index is -0.0640. The van der Waals surface area contributed by atoms with Crippen LogP contribution in [0.25, 0.3) is 0 Å². The van der Waals surface area contributed by atoms with Crippen molar-refractivity contribution in [1.82, 2.24) is 10.2 Å². The molecule has 1 atom stereocenters. The molecule has 22 heavy (non-hydrogen) atoms. The van der Waals surface area contributed by atoms with Crippen LogP contribution in [0.15, 0.2) is 0 Å². The van der Waals surface area contributed by atoms with Crippen LogP contribution in [-0.4, -0.2) is 49.2 Å². The normalized spacial score (nSPS) is 44.2. The van der Waals surface area contributed by atoms with Crippen LogP contribution in [0.2, 0.25) is 0 Å². The molecular weight excluding hydrogens is 276 g/mol. The van der Waals surface area contributed by atoms with Gasteiger partial charge in [0.2, 0.25) is 5.91 Å². The molecule has 0 radical (unpaired) electrons. The van der Waals surface area contributed by atoms with Gasteiger partial charge in [-0.2, -0.15) is 0 Å². The monoisotopic (exact) mass is 306 g/mol. The molecule has 4 aliphatic carbocycles. The van der Waals surface area contributed by atoms with Crippen LogP contribution in [0.1, 0.15) is 45.4 Å². The average molecular weight is 306 g/mol. The Hall–Kier alpha value is -0.610. The summed E-state index contributed by atoms with van der Waals surface area (Å²) in [5.74, 6) is 3.66. The van der Waals surface area contributed by atoms with Crippen LogP contribution >= 0.6 is 0 Å². The highest BCUT2D eigenvalue weighted by Crippen LogP contribution is 2.53. The summed E-state index contributed by atoms with van der Waals surface area (Å²) >= 11 is 0. The molecule has 0 aromatic heterocycles. The van der Waals surface area contributed by atoms with Crippen molar-refractivity contribution in [3.8, 4) is 0 Å². The van der Waals surface area contributed by atoms with Crippen molar-refractivity contribution in [2.75, 3.05) is 26.3 Å². The molecule has 1 N–H and O–H groups in total. The highest BCUT2D eigenvalue weighted by Gasteiger charge is 2.49. The molecular formula is C18H30N2O2. The highest BCUT2D eigenvalue weighted by molar-refractivity contribution is 5.82. The van der Waals surface area contributed by atoms with Gasteiger partial charge in [0.25, 0.3) is 0 Å². The van der Waals surface area contributed by atoms with E-state index in [0.717, 1.165) is 49.8 Å². The zero-order valence-corrected chi connectivity index (χ0v) is 13.8. The third-order valence-corrected chi connectivity index (χ3v) is 6.59. The lowest BCUT2D eigenvalue weighted by Gasteiger charge is -2.54. The van der Waals surface area contributed by atoms with E-state index in [1.807, 2.05) is 0 Å². The lowest BCUT2D eigenvalue weighted by atomic mass is 9.54. The molecule has 1 amide bonds. The summed E-state index contributed by atoms with van der Waals surface area (Å²) in [4.78, 5) is 15.2. The second kappa shape index (κ2) is 6.12. The predicted molar refractivity (Wildman–Crippen MR) is 85.4 cm³/mol. The van der Waals surface area contributed by atoms with Gasteiger partial charge in [-0.1, -0.05) is 6.92 Å². The predicted octanol–water partition coefficient (Wildman–Crippen LogP) is 2.04. The third kappa shape index (κ3) is 2.69. The number of rotatable bonds is 4. The van der Waals surface area contributed by atoms with Gasteiger partial charge in [-0.05, 0) is 68.7 Å². The largest absolute Gasteiger partial charge is 0.378 e. The zero-order valence-electron chi connectivity index (χ0n) is 13.8. The first-order chi connectivity index (χ1) is 10.7. The van der Waals surface area contributed by atoms with Crippen molar-refractivity contribution in [3.05, 3.63) is 0 Å². The van der Waals surface area contributed by atoms with Crippen LogP contribution in [0.3, 0.4) is 0 Å². The zero-order chi connectivity index (χ0) is 15.1.